The monoisotopic (exact) mass is 1190 g/mol. The maximum Gasteiger partial charge on any atom is 0.354 e. The fourth-order valence-corrected chi connectivity index (χ4v) is 5.60. The van der Waals surface area contributed by atoms with Gasteiger partial charge in [-0.1, -0.05) is 48.3 Å². The number of H-pyrrole nitrogens is 1. The van der Waals surface area contributed by atoms with Crippen molar-refractivity contribution in [1.82, 2.24) is 4.98 Å². The highest BCUT2D eigenvalue weighted by Crippen LogP contribution is 2.34. The van der Waals surface area contributed by atoms with Gasteiger partial charge in [-0.15, -0.1) is 0 Å². The first-order valence-electron chi connectivity index (χ1n) is 25.2. The Kier molecular flexibility index (Phi) is 39.9. The summed E-state index contributed by atoms with van der Waals surface area (Å²) in [6.07, 6.45) is 3.24. The van der Waals surface area contributed by atoms with E-state index in [1.165, 1.54) is 25.9 Å². The lowest BCUT2D eigenvalue weighted by atomic mass is 10.1. The topological polar surface area (TPSA) is 136 Å². The predicted octanol–water partition coefficient (Wildman–Crippen LogP) is 14.9. The van der Waals surface area contributed by atoms with Gasteiger partial charge in [0.1, 0.15) is 22.9 Å². The molecule has 0 aliphatic carbocycles. The van der Waals surface area contributed by atoms with Crippen LogP contribution in [0.15, 0.2) is 387 Å². The second-order valence-corrected chi connectivity index (χ2v) is 14.7. The molecule has 2 aliphatic heterocycles. The van der Waals surface area contributed by atoms with Crippen LogP contribution in [0, 0.1) is 0 Å². The van der Waals surface area contributed by atoms with E-state index in [2.05, 4.69) is 364 Å². The number of hydrogen-bond donors (Lipinski definition) is 1. The standard InChI is InChI=1S/C59H4.C12H11N3O3.C12H11NO3.CH4.H2/c1-3-5-7-9-11-13-15-17-19-21-23-25-27-29-31-33-35-37-39-41-43-45-47-49-51-53-55-57-59-58-56-54-52-50-48-46-44-42-40-38-36-34-32-30-28-26-24-22-20-18-16-14-12-10-8-6-4-2;1-17-12(16)10(14-15-13)7-9-4-2-3-8-5-6-18-11(8)9;1-15-12(14)10-6-8-9(13-10)3-2-7-4-5-16-11(7)8;;/h1-2H2;2-4,7H,5-6H2,1H3;2-3,6,13H,4-5H2,1H3;1H4;1H/b;10-7-;;;/i;;;;1+1. The zero-order chi connectivity index (χ0) is 66.4. The summed E-state index contributed by atoms with van der Waals surface area (Å²) in [5, 5.41) is 4.28. The summed E-state index contributed by atoms with van der Waals surface area (Å²) in [6.45, 7) is 7.96. The minimum atomic E-state index is -0.677. The Balaban J connectivity index is 0.000000991. The van der Waals surface area contributed by atoms with Gasteiger partial charge in [0.15, 0.2) is 0 Å². The number of para-hydroxylation sites is 1. The van der Waals surface area contributed by atoms with Gasteiger partial charge >= 0.3 is 11.9 Å². The van der Waals surface area contributed by atoms with Crippen LogP contribution < -0.4 is 9.47 Å². The zero-order valence-corrected chi connectivity index (χ0v) is 48.6. The maximum atomic E-state index is 11.4. The van der Waals surface area contributed by atoms with Crippen molar-refractivity contribution in [1.29, 1.82) is 0 Å². The van der Waals surface area contributed by atoms with Gasteiger partial charge in [0, 0.05) is 259 Å². The summed E-state index contributed by atoms with van der Waals surface area (Å²) >= 11 is 0. The van der Waals surface area contributed by atoms with Crippen molar-refractivity contribution in [3.05, 3.63) is 415 Å². The predicted molar refractivity (Wildman–Crippen MR) is 344 cm³/mol. The molecule has 0 amide bonds. The third-order valence-electron chi connectivity index (χ3n) is 8.99. The SMILES string of the molecule is C.C=C=C=C=C=C=C=C=C=C=C=C=C=C=C=C=C=C=C=C=C=C=C=C=C=C=C=C=C=C=C=C=C=C=C=C=C=C=C=C=C=C=C=C=C=C=C=C=C=C=C=C=C=C=C=C=C=C=C.COC(=O)/C(=C/c1cccc2c1OCC2)N=[N+]=[N-].COC(=O)c1cc2c3c(ccc2[nH]1)CCO3.[2HH]. The van der Waals surface area contributed by atoms with Crippen molar-refractivity contribution in [2.24, 2.45) is 5.11 Å². The number of carbonyl (C=O) groups is 2. The molecule has 0 bridgehead atoms. The van der Waals surface area contributed by atoms with Crippen molar-refractivity contribution in [3.63, 3.8) is 0 Å². The van der Waals surface area contributed by atoms with Gasteiger partial charge in [-0.3, -0.25) is 0 Å². The molecular weight excluding hydrogens is 1160 g/mol. The van der Waals surface area contributed by atoms with Gasteiger partial charge in [-0.25, -0.2) is 9.59 Å². The lowest BCUT2D eigenvalue weighted by Crippen LogP contribution is -2.02. The van der Waals surface area contributed by atoms with E-state index in [0.717, 1.165) is 40.8 Å². The van der Waals surface area contributed by atoms with Crippen LogP contribution in [0.25, 0.3) is 27.4 Å². The average molecular weight is 1190 g/mol. The number of hydrogen-bond acceptors (Lipinski definition) is 7. The molecular formula is C84H32N4O6. The smallest absolute Gasteiger partial charge is 0.354 e. The lowest BCUT2D eigenvalue weighted by Gasteiger charge is -2.04. The molecule has 5 rings (SSSR count). The van der Waals surface area contributed by atoms with E-state index in [1.54, 1.807) is 12.1 Å². The Morgan fingerprint density at radius 3 is 1.04 bits per heavy atom. The van der Waals surface area contributed by atoms with Crippen molar-refractivity contribution in [2.75, 3.05) is 27.4 Å². The van der Waals surface area contributed by atoms with Crippen LogP contribution in [-0.2, 0) is 27.1 Å². The number of azide groups is 1. The number of ether oxygens (including phenoxy) is 4. The molecule has 10 heteroatoms. The van der Waals surface area contributed by atoms with E-state index in [1.807, 2.05) is 24.3 Å². The Morgan fingerprint density at radius 1 is 0.457 bits per heavy atom. The Morgan fingerprint density at radius 2 is 0.755 bits per heavy atom. The largest absolute Gasteiger partial charge is 0.492 e. The molecule has 0 unspecified atom stereocenters. The van der Waals surface area contributed by atoms with Crippen LogP contribution in [0.2, 0.25) is 0 Å². The third-order valence-corrected chi connectivity index (χ3v) is 8.99. The van der Waals surface area contributed by atoms with Gasteiger partial charge in [-0.2, -0.15) is 0 Å². The van der Waals surface area contributed by atoms with Crippen molar-refractivity contribution in [3.8, 4) is 11.5 Å². The van der Waals surface area contributed by atoms with E-state index >= 15 is 0 Å². The number of nitrogens with one attached hydrogen (secondary N) is 1. The number of methoxy groups -OCH3 is 2. The van der Waals surface area contributed by atoms with E-state index in [4.69, 9.17) is 15.0 Å². The van der Waals surface area contributed by atoms with Gasteiger partial charge < -0.3 is 23.9 Å². The van der Waals surface area contributed by atoms with Gasteiger partial charge in [0.2, 0.25) is 0 Å². The summed E-state index contributed by atoms with van der Waals surface area (Å²) in [4.78, 5) is 28.4. The first-order chi connectivity index (χ1) is 46.0. The molecule has 0 saturated carbocycles. The van der Waals surface area contributed by atoms with Crippen molar-refractivity contribution in [2.45, 2.75) is 20.3 Å². The van der Waals surface area contributed by atoms with E-state index in [-0.39, 0.29) is 20.5 Å². The van der Waals surface area contributed by atoms with Crippen molar-refractivity contribution < 1.29 is 30.0 Å². The average Bonchev–Trinajstić information content (AvgIpc) is 1.65. The van der Waals surface area contributed by atoms with E-state index in [9.17, 15) is 9.59 Å². The zero-order valence-electron chi connectivity index (χ0n) is 48.6. The fourth-order valence-electron chi connectivity index (χ4n) is 5.60. The highest BCUT2D eigenvalue weighted by atomic mass is 16.5. The Labute approximate surface area is 540 Å². The van der Waals surface area contributed by atoms with Crippen LogP contribution in [0.1, 0.15) is 36.0 Å². The molecule has 94 heavy (non-hydrogen) atoms. The number of esters is 2. The van der Waals surface area contributed by atoms with Crippen molar-refractivity contribution >= 4 is 28.9 Å². The molecule has 2 aliphatic rings. The molecule has 1 N–H and O–H groups in total. The Hall–Kier alpha value is -17.2. The first kappa shape index (κ1) is 72.9. The van der Waals surface area contributed by atoms with E-state index < -0.39 is 5.97 Å². The number of fused-ring (bicyclic) bond motifs is 4. The fraction of sp³-hybridized carbons (Fsp3) is 0.0833. The normalized spacial score (nSPS) is 7.32. The van der Waals surface area contributed by atoms with Gasteiger partial charge in [-0.05, 0) is 140 Å². The molecule has 0 radical (unpaired) electrons. The second-order valence-electron chi connectivity index (χ2n) is 14.7. The number of nitrogens with zero attached hydrogens (tertiary/aromatic N) is 3. The number of benzene rings is 2. The number of carbonyl (C=O) groups excluding carboxylic acids is 2. The Bertz CT molecular complexity index is 5940. The molecule has 3 heterocycles. The summed E-state index contributed by atoms with van der Waals surface area (Å²) in [5.74, 6) is 0.585. The highest BCUT2D eigenvalue weighted by molar-refractivity contribution is 5.98. The summed E-state index contributed by atoms with van der Waals surface area (Å²) in [7, 11) is 2.60. The van der Waals surface area contributed by atoms with E-state index in [0.29, 0.717) is 24.5 Å². The quantitative estimate of drug-likeness (QED) is 0.0690. The molecule has 10 nitrogen and oxygen atoms in total. The minimum absolute atomic E-state index is 0. The number of aromatic nitrogens is 1. The molecule has 3 aromatic rings. The van der Waals surface area contributed by atoms with Gasteiger partial charge in [0.25, 0.3) is 0 Å². The van der Waals surface area contributed by atoms with Crippen LogP contribution in [0.3, 0.4) is 0 Å². The highest BCUT2D eigenvalue weighted by Gasteiger charge is 2.19. The molecule has 424 valence electrons. The number of aromatic amines is 1. The summed E-state index contributed by atoms with van der Waals surface area (Å²) < 4.78 is 20.3. The second kappa shape index (κ2) is 51.4. The third kappa shape index (κ3) is 34.4. The molecule has 0 spiro atoms. The summed E-state index contributed by atoms with van der Waals surface area (Å²) in [5.41, 5.74) is 155. The molecule has 1 aromatic heterocycles. The maximum absolute atomic E-state index is 11.4. The van der Waals surface area contributed by atoms with Crippen LogP contribution in [0.5, 0.6) is 11.5 Å². The van der Waals surface area contributed by atoms with Crippen LogP contribution in [-0.4, -0.2) is 44.4 Å². The minimum Gasteiger partial charge on any atom is -0.492 e. The summed E-state index contributed by atoms with van der Waals surface area (Å²) in [6, 6.07) is 11.4. The first-order valence-corrected chi connectivity index (χ1v) is 25.2. The van der Waals surface area contributed by atoms with Crippen LogP contribution in [0.4, 0.5) is 0 Å². The molecule has 0 atom stereocenters. The lowest BCUT2D eigenvalue weighted by molar-refractivity contribution is -0.136. The molecule has 0 fully saturated rings. The molecule has 2 aromatic carbocycles. The number of rotatable bonds is 4. The molecule has 0 saturated heterocycles. The van der Waals surface area contributed by atoms with Gasteiger partial charge in [0.05, 0.1) is 27.4 Å². The van der Waals surface area contributed by atoms with Crippen LogP contribution >= 0.6 is 0 Å².